The van der Waals surface area contributed by atoms with Crippen molar-refractivity contribution in [3.8, 4) is 11.4 Å². The van der Waals surface area contributed by atoms with Crippen molar-refractivity contribution < 1.29 is 26.7 Å². The Kier molecular flexibility index (Phi) is 5.60. The van der Waals surface area contributed by atoms with E-state index in [-0.39, 0.29) is 11.4 Å². The largest absolute Gasteiger partial charge is 0.405 e. The van der Waals surface area contributed by atoms with E-state index in [1.165, 1.54) is 10.00 Å². The third-order valence-corrected chi connectivity index (χ3v) is 5.22. The van der Waals surface area contributed by atoms with Gasteiger partial charge in [-0.2, -0.15) is 23.4 Å². The summed E-state index contributed by atoms with van der Waals surface area (Å²) in [4.78, 5) is 16.1. The average molecular weight is 464 g/mol. The number of nitrogens with zero attached hydrogens (tertiary/aromatic N) is 4. The summed E-state index contributed by atoms with van der Waals surface area (Å²) in [6.45, 7) is 0.270. The zero-order valence-corrected chi connectivity index (χ0v) is 17.4. The van der Waals surface area contributed by atoms with Crippen molar-refractivity contribution in [1.82, 2.24) is 30.3 Å². The molecule has 172 valence electrons. The summed E-state index contributed by atoms with van der Waals surface area (Å²) < 4.78 is 67.4. The lowest BCUT2D eigenvalue weighted by Gasteiger charge is -2.10. The van der Waals surface area contributed by atoms with Gasteiger partial charge in [0.05, 0.1) is 22.8 Å². The molecule has 12 heteroatoms. The fraction of sp³-hybridized carbons (Fsp3) is 0.238. The number of carbonyl (C=O) groups is 1. The van der Waals surface area contributed by atoms with E-state index in [9.17, 15) is 26.7 Å². The normalized spacial score (nSPS) is 11.8. The zero-order valence-electron chi connectivity index (χ0n) is 17.4. The Bertz CT molecular complexity index is 1360. The summed E-state index contributed by atoms with van der Waals surface area (Å²) >= 11 is 0. The molecular formula is C21H17F5N6O. The zero-order chi connectivity index (χ0) is 23.9. The fourth-order valence-electron chi connectivity index (χ4n) is 3.42. The second-order valence-electron chi connectivity index (χ2n) is 7.42. The van der Waals surface area contributed by atoms with Crippen LogP contribution >= 0.6 is 0 Å². The van der Waals surface area contributed by atoms with Crippen molar-refractivity contribution in [2.45, 2.75) is 19.5 Å². The second kappa shape index (κ2) is 8.26. The molecular weight excluding hydrogens is 447 g/mol. The summed E-state index contributed by atoms with van der Waals surface area (Å²) in [5.41, 5.74) is 1.64. The summed E-state index contributed by atoms with van der Waals surface area (Å²) in [6.07, 6.45) is -2.61. The van der Waals surface area contributed by atoms with Crippen molar-refractivity contribution >= 4 is 16.8 Å². The number of alkyl halides is 3. The minimum Gasteiger partial charge on any atom is -0.343 e. The number of carbonyl (C=O) groups excluding carboxylic acids is 1. The first-order valence-electron chi connectivity index (χ1n) is 9.70. The van der Waals surface area contributed by atoms with Crippen molar-refractivity contribution in [2.24, 2.45) is 7.05 Å². The Morgan fingerprint density at radius 2 is 1.91 bits per heavy atom. The number of halogens is 5. The van der Waals surface area contributed by atoms with Crippen LogP contribution in [0.15, 0.2) is 30.5 Å². The topological polar surface area (TPSA) is 88.5 Å². The third-order valence-electron chi connectivity index (χ3n) is 5.22. The molecule has 0 aliphatic carbocycles. The third kappa shape index (κ3) is 4.41. The summed E-state index contributed by atoms with van der Waals surface area (Å²) in [7, 11) is 1.60. The monoisotopic (exact) mass is 464 g/mol. The van der Waals surface area contributed by atoms with Crippen LogP contribution in [0.1, 0.15) is 27.3 Å². The number of amides is 1. The highest BCUT2D eigenvalue weighted by molar-refractivity contribution is 5.95. The minimum atomic E-state index is -4.68. The first kappa shape index (κ1) is 22.4. The van der Waals surface area contributed by atoms with Gasteiger partial charge in [0.15, 0.2) is 17.5 Å². The van der Waals surface area contributed by atoms with Crippen LogP contribution < -0.4 is 5.32 Å². The highest BCUT2D eigenvalue weighted by Gasteiger charge is 2.29. The first-order chi connectivity index (χ1) is 15.5. The van der Waals surface area contributed by atoms with E-state index in [4.69, 9.17) is 0 Å². The van der Waals surface area contributed by atoms with Gasteiger partial charge in [-0.25, -0.2) is 13.8 Å². The van der Waals surface area contributed by atoms with Crippen LogP contribution in [-0.4, -0.2) is 43.6 Å². The van der Waals surface area contributed by atoms with E-state index in [1.807, 2.05) is 19.1 Å². The molecule has 2 aromatic carbocycles. The molecule has 2 heterocycles. The molecule has 0 aliphatic rings. The van der Waals surface area contributed by atoms with Crippen LogP contribution in [0.2, 0.25) is 0 Å². The molecule has 0 saturated carbocycles. The molecule has 0 atom stereocenters. The van der Waals surface area contributed by atoms with E-state index in [0.717, 1.165) is 34.2 Å². The van der Waals surface area contributed by atoms with E-state index in [1.54, 1.807) is 13.2 Å². The Balaban J connectivity index is 1.61. The van der Waals surface area contributed by atoms with E-state index in [0.29, 0.717) is 12.2 Å². The number of H-pyrrole nitrogens is 1. The van der Waals surface area contributed by atoms with Crippen LogP contribution in [0.4, 0.5) is 22.0 Å². The maximum atomic E-state index is 14.7. The lowest BCUT2D eigenvalue weighted by molar-refractivity contribution is -0.123. The van der Waals surface area contributed by atoms with Gasteiger partial charge in [-0.3, -0.25) is 14.6 Å². The highest BCUT2D eigenvalue weighted by atomic mass is 19.4. The summed E-state index contributed by atoms with van der Waals surface area (Å²) in [6, 6.07) is 5.73. The number of rotatable bonds is 5. The van der Waals surface area contributed by atoms with Gasteiger partial charge in [0, 0.05) is 18.9 Å². The Labute approximate surface area is 183 Å². The lowest BCUT2D eigenvalue weighted by atomic mass is 10.0. The second-order valence-corrected chi connectivity index (χ2v) is 7.42. The van der Waals surface area contributed by atoms with E-state index in [2.05, 4.69) is 20.3 Å². The van der Waals surface area contributed by atoms with Gasteiger partial charge < -0.3 is 5.32 Å². The molecule has 1 amide bonds. The van der Waals surface area contributed by atoms with Crippen molar-refractivity contribution in [3.05, 3.63) is 64.6 Å². The van der Waals surface area contributed by atoms with Crippen LogP contribution in [0, 0.1) is 18.6 Å². The Morgan fingerprint density at radius 1 is 1.15 bits per heavy atom. The molecule has 0 saturated heterocycles. The van der Waals surface area contributed by atoms with Crippen LogP contribution in [0.25, 0.3) is 22.3 Å². The smallest absolute Gasteiger partial charge is 0.343 e. The molecule has 2 aromatic heterocycles. The maximum Gasteiger partial charge on any atom is 0.405 e. The van der Waals surface area contributed by atoms with Crippen LogP contribution in [0.5, 0.6) is 0 Å². The number of hydrogen-bond donors (Lipinski definition) is 2. The van der Waals surface area contributed by atoms with Gasteiger partial charge in [-0.1, -0.05) is 6.07 Å². The lowest BCUT2D eigenvalue weighted by Crippen LogP contribution is -2.34. The Hall–Kier alpha value is -3.83. The van der Waals surface area contributed by atoms with Gasteiger partial charge in [-0.15, -0.1) is 0 Å². The molecule has 4 rings (SSSR count). The van der Waals surface area contributed by atoms with Crippen molar-refractivity contribution in [1.29, 1.82) is 0 Å². The van der Waals surface area contributed by atoms with Crippen molar-refractivity contribution in [3.63, 3.8) is 0 Å². The van der Waals surface area contributed by atoms with E-state index < -0.39 is 35.8 Å². The molecule has 0 spiro atoms. The molecule has 2 N–H and O–H groups in total. The number of nitrogens with one attached hydrogen (secondary N) is 2. The first-order valence-corrected chi connectivity index (χ1v) is 9.70. The highest BCUT2D eigenvalue weighted by Crippen LogP contribution is 2.26. The molecule has 4 aromatic rings. The predicted molar refractivity (Wildman–Crippen MR) is 108 cm³/mol. The fourth-order valence-corrected chi connectivity index (χ4v) is 3.42. The number of aryl methyl sites for hydroxylation is 2. The molecule has 0 aliphatic heterocycles. The number of aromatic amines is 1. The summed E-state index contributed by atoms with van der Waals surface area (Å²) in [5.74, 6) is -4.03. The number of fused-ring (bicyclic) bond motifs is 1. The predicted octanol–water partition coefficient (Wildman–Crippen LogP) is 3.83. The molecule has 0 bridgehead atoms. The SMILES string of the molecule is Cc1c(Cc2nc(-c3ccc(C(=O)NCC(F)(F)F)c(F)c3F)nn2C)ccc2[nH]ncc12. The van der Waals surface area contributed by atoms with E-state index >= 15 is 0 Å². The van der Waals surface area contributed by atoms with Gasteiger partial charge in [0.1, 0.15) is 12.4 Å². The molecule has 0 radical (unpaired) electrons. The molecule has 0 fully saturated rings. The van der Waals surface area contributed by atoms with Gasteiger partial charge in [-0.05, 0) is 36.2 Å². The van der Waals surface area contributed by atoms with Gasteiger partial charge in [0.2, 0.25) is 0 Å². The summed E-state index contributed by atoms with van der Waals surface area (Å²) in [5, 5.41) is 13.5. The van der Waals surface area contributed by atoms with Gasteiger partial charge >= 0.3 is 6.18 Å². The molecule has 7 nitrogen and oxygen atoms in total. The quantitative estimate of drug-likeness (QED) is 0.440. The maximum absolute atomic E-state index is 14.7. The van der Waals surface area contributed by atoms with Gasteiger partial charge in [0.25, 0.3) is 5.91 Å². The van der Waals surface area contributed by atoms with Crippen LogP contribution in [-0.2, 0) is 13.5 Å². The minimum absolute atomic E-state index is 0.117. The average Bonchev–Trinajstić information content (AvgIpc) is 3.37. The molecule has 0 unspecified atom stereocenters. The number of benzene rings is 2. The molecule has 33 heavy (non-hydrogen) atoms. The Morgan fingerprint density at radius 3 is 2.64 bits per heavy atom. The number of aromatic nitrogens is 5. The van der Waals surface area contributed by atoms with Crippen molar-refractivity contribution in [2.75, 3.05) is 6.54 Å². The standard InChI is InChI=1S/C21H17F5N6O/c1-10-11(3-6-15-14(10)8-28-30-15)7-16-29-19(31-32(16)2)12-4-5-13(18(23)17(12)22)20(33)27-9-21(24,25)26/h3-6,8H,7,9H2,1-2H3,(H,27,33)(H,28,30). The number of hydrogen-bond acceptors (Lipinski definition) is 4. The van der Waals surface area contributed by atoms with Crippen LogP contribution in [0.3, 0.4) is 0 Å².